The molecule has 1 N–H and O–H groups in total. The monoisotopic (exact) mass is 292 g/mol. The average Bonchev–Trinajstić information content (AvgIpc) is 2.95. The second kappa shape index (κ2) is 6.83. The molecule has 0 atom stereocenters. The van der Waals surface area contributed by atoms with Gasteiger partial charge in [-0.25, -0.2) is 9.18 Å². The quantitative estimate of drug-likeness (QED) is 0.918. The van der Waals surface area contributed by atoms with Crippen molar-refractivity contribution < 1.29 is 13.7 Å². The van der Waals surface area contributed by atoms with Crippen LogP contribution in [0.1, 0.15) is 19.7 Å². The molecule has 0 radical (unpaired) electrons. The summed E-state index contributed by atoms with van der Waals surface area (Å²) in [6, 6.07) is 5.97. The lowest BCUT2D eigenvalue weighted by atomic mass is 10.2. The first-order valence-corrected chi connectivity index (χ1v) is 6.76. The molecule has 0 aliphatic heterocycles. The van der Waals surface area contributed by atoms with Crippen molar-refractivity contribution in [3.8, 4) is 11.4 Å². The molecule has 0 saturated carbocycles. The van der Waals surface area contributed by atoms with Crippen molar-refractivity contribution in [2.24, 2.45) is 0 Å². The van der Waals surface area contributed by atoms with E-state index in [9.17, 15) is 9.18 Å². The topological polar surface area (TPSA) is 71.3 Å². The zero-order chi connectivity index (χ0) is 15.2. The fraction of sp³-hybridized carbons (Fsp3) is 0.357. The molecule has 21 heavy (non-hydrogen) atoms. The fourth-order valence-corrected chi connectivity index (χ4v) is 1.85. The minimum atomic E-state index is -0.419. The summed E-state index contributed by atoms with van der Waals surface area (Å²) in [6.45, 7) is 5.13. The van der Waals surface area contributed by atoms with Crippen LogP contribution in [0.4, 0.5) is 9.18 Å². The van der Waals surface area contributed by atoms with Gasteiger partial charge in [-0.3, -0.25) is 0 Å². The number of amides is 2. The summed E-state index contributed by atoms with van der Waals surface area (Å²) in [4.78, 5) is 17.5. The number of halogens is 1. The lowest BCUT2D eigenvalue weighted by Crippen LogP contribution is -2.39. The van der Waals surface area contributed by atoms with Crippen LogP contribution in [0.3, 0.4) is 0 Å². The SMILES string of the molecule is CCN(CC)C(=O)NCc1nc(-c2ccccc2F)no1. The average molecular weight is 292 g/mol. The number of benzene rings is 1. The number of carbonyl (C=O) groups is 1. The molecule has 1 aromatic heterocycles. The number of hydrogen-bond acceptors (Lipinski definition) is 4. The molecule has 6 nitrogen and oxygen atoms in total. The van der Waals surface area contributed by atoms with E-state index in [1.807, 2.05) is 13.8 Å². The molecule has 0 aliphatic carbocycles. The molecule has 0 aliphatic rings. The molecule has 0 bridgehead atoms. The van der Waals surface area contributed by atoms with Crippen LogP contribution >= 0.6 is 0 Å². The lowest BCUT2D eigenvalue weighted by Gasteiger charge is -2.18. The van der Waals surface area contributed by atoms with Gasteiger partial charge in [0.25, 0.3) is 0 Å². The minimum absolute atomic E-state index is 0.108. The third kappa shape index (κ3) is 3.56. The number of hydrogen-bond donors (Lipinski definition) is 1. The summed E-state index contributed by atoms with van der Waals surface area (Å²) in [7, 11) is 0. The van der Waals surface area contributed by atoms with Gasteiger partial charge in [0.2, 0.25) is 11.7 Å². The molecular formula is C14H17FN4O2. The first-order chi connectivity index (χ1) is 10.2. The van der Waals surface area contributed by atoms with Gasteiger partial charge in [-0.05, 0) is 26.0 Å². The summed E-state index contributed by atoms with van der Waals surface area (Å²) >= 11 is 0. The van der Waals surface area contributed by atoms with Crippen molar-refractivity contribution in [1.29, 1.82) is 0 Å². The van der Waals surface area contributed by atoms with E-state index in [4.69, 9.17) is 4.52 Å². The van der Waals surface area contributed by atoms with Crippen molar-refractivity contribution in [3.63, 3.8) is 0 Å². The summed E-state index contributed by atoms with van der Waals surface area (Å²) in [5.74, 6) is -0.0222. The fourth-order valence-electron chi connectivity index (χ4n) is 1.85. The molecular weight excluding hydrogens is 275 g/mol. The molecule has 0 unspecified atom stereocenters. The first-order valence-electron chi connectivity index (χ1n) is 6.76. The molecule has 112 valence electrons. The Morgan fingerprint density at radius 1 is 1.33 bits per heavy atom. The van der Waals surface area contributed by atoms with E-state index in [1.54, 1.807) is 23.1 Å². The molecule has 2 rings (SSSR count). The molecule has 0 saturated heterocycles. The first kappa shape index (κ1) is 15.0. The van der Waals surface area contributed by atoms with Gasteiger partial charge in [0.05, 0.1) is 12.1 Å². The zero-order valence-corrected chi connectivity index (χ0v) is 12.0. The van der Waals surface area contributed by atoms with Crippen molar-refractivity contribution in [2.45, 2.75) is 20.4 Å². The predicted molar refractivity (Wildman–Crippen MR) is 74.8 cm³/mol. The van der Waals surface area contributed by atoms with Crippen molar-refractivity contribution in [3.05, 3.63) is 36.0 Å². The van der Waals surface area contributed by atoms with Gasteiger partial charge in [0, 0.05) is 13.1 Å². The van der Waals surface area contributed by atoms with Gasteiger partial charge in [0.1, 0.15) is 5.82 Å². The molecule has 2 amide bonds. The Kier molecular flexibility index (Phi) is 4.86. The van der Waals surface area contributed by atoms with Crippen LogP contribution in [0.5, 0.6) is 0 Å². The standard InChI is InChI=1S/C14H17FN4O2/c1-3-19(4-2)14(20)16-9-12-17-13(18-21-12)10-7-5-6-8-11(10)15/h5-8H,3-4,9H2,1-2H3,(H,16,20). The largest absolute Gasteiger partial charge is 0.337 e. The van der Waals surface area contributed by atoms with Crippen LogP contribution < -0.4 is 5.32 Å². The number of nitrogens with zero attached hydrogens (tertiary/aromatic N) is 3. The number of aromatic nitrogens is 2. The van der Waals surface area contributed by atoms with Gasteiger partial charge in [-0.15, -0.1) is 0 Å². The van der Waals surface area contributed by atoms with E-state index in [-0.39, 0.29) is 29.9 Å². The van der Waals surface area contributed by atoms with Gasteiger partial charge in [0.15, 0.2) is 0 Å². The third-order valence-corrected chi connectivity index (χ3v) is 3.02. The minimum Gasteiger partial charge on any atom is -0.337 e. The van der Waals surface area contributed by atoms with E-state index in [2.05, 4.69) is 15.5 Å². The second-order valence-electron chi connectivity index (χ2n) is 4.32. The maximum absolute atomic E-state index is 13.6. The normalized spacial score (nSPS) is 10.4. The highest BCUT2D eigenvalue weighted by Gasteiger charge is 2.14. The van der Waals surface area contributed by atoms with Gasteiger partial charge >= 0.3 is 6.03 Å². The van der Waals surface area contributed by atoms with Crippen LogP contribution in [-0.4, -0.2) is 34.2 Å². The van der Waals surface area contributed by atoms with E-state index < -0.39 is 5.82 Å². The molecule has 0 fully saturated rings. The van der Waals surface area contributed by atoms with E-state index in [0.29, 0.717) is 13.1 Å². The van der Waals surface area contributed by atoms with Gasteiger partial charge < -0.3 is 14.7 Å². The predicted octanol–water partition coefficient (Wildman–Crippen LogP) is 2.43. The van der Waals surface area contributed by atoms with Gasteiger partial charge in [-0.1, -0.05) is 17.3 Å². The maximum Gasteiger partial charge on any atom is 0.317 e. The van der Waals surface area contributed by atoms with E-state index >= 15 is 0 Å². The number of carbonyl (C=O) groups excluding carboxylic acids is 1. The lowest BCUT2D eigenvalue weighted by molar-refractivity contribution is 0.201. The second-order valence-corrected chi connectivity index (χ2v) is 4.32. The summed E-state index contributed by atoms with van der Waals surface area (Å²) in [6.07, 6.45) is 0. The van der Waals surface area contributed by atoms with Gasteiger partial charge in [-0.2, -0.15) is 4.98 Å². The Morgan fingerprint density at radius 3 is 2.71 bits per heavy atom. The Bertz CT molecular complexity index is 611. The highest BCUT2D eigenvalue weighted by atomic mass is 19.1. The maximum atomic E-state index is 13.6. The Hall–Kier alpha value is -2.44. The van der Waals surface area contributed by atoms with Crippen molar-refractivity contribution in [2.75, 3.05) is 13.1 Å². The molecule has 0 spiro atoms. The highest BCUT2D eigenvalue weighted by Crippen LogP contribution is 2.18. The van der Waals surface area contributed by atoms with Crippen molar-refractivity contribution >= 4 is 6.03 Å². The zero-order valence-electron chi connectivity index (χ0n) is 12.0. The van der Waals surface area contributed by atoms with E-state index in [1.165, 1.54) is 6.07 Å². The van der Waals surface area contributed by atoms with Crippen molar-refractivity contribution in [1.82, 2.24) is 20.4 Å². The Labute approximate surface area is 121 Å². The Morgan fingerprint density at radius 2 is 2.05 bits per heavy atom. The Balaban J connectivity index is 2.01. The summed E-state index contributed by atoms with van der Waals surface area (Å²) < 4.78 is 18.6. The number of urea groups is 1. The van der Waals surface area contributed by atoms with Crippen LogP contribution in [0, 0.1) is 5.82 Å². The van der Waals surface area contributed by atoms with Crippen LogP contribution in [-0.2, 0) is 6.54 Å². The van der Waals surface area contributed by atoms with Crippen LogP contribution in [0.15, 0.2) is 28.8 Å². The van der Waals surface area contributed by atoms with Crippen LogP contribution in [0.25, 0.3) is 11.4 Å². The molecule has 2 aromatic rings. The number of nitrogens with one attached hydrogen (secondary N) is 1. The third-order valence-electron chi connectivity index (χ3n) is 3.02. The van der Waals surface area contributed by atoms with Crippen LogP contribution in [0.2, 0.25) is 0 Å². The highest BCUT2D eigenvalue weighted by molar-refractivity contribution is 5.73. The smallest absolute Gasteiger partial charge is 0.317 e. The molecule has 1 heterocycles. The number of rotatable bonds is 5. The summed E-state index contributed by atoms with van der Waals surface area (Å²) in [5.41, 5.74) is 0.266. The summed E-state index contributed by atoms with van der Waals surface area (Å²) in [5, 5.41) is 6.40. The van der Waals surface area contributed by atoms with E-state index in [0.717, 1.165) is 0 Å². The molecule has 1 aromatic carbocycles. The molecule has 7 heteroatoms.